The Bertz CT molecular complexity index is 432. The molecule has 0 heterocycles. The van der Waals surface area contributed by atoms with Crippen molar-refractivity contribution in [3.63, 3.8) is 0 Å². The lowest BCUT2D eigenvalue weighted by Gasteiger charge is -2.13. The number of carbonyl (C=O) groups is 2. The first-order chi connectivity index (χ1) is 6.61. The van der Waals surface area contributed by atoms with Gasteiger partial charge in [-0.3, -0.25) is 9.59 Å². The molecule has 1 aromatic rings. The van der Waals surface area contributed by atoms with Crippen LogP contribution in [-0.4, -0.2) is 11.6 Å². The van der Waals surface area contributed by atoms with Crippen molar-refractivity contribution >= 4 is 22.9 Å². The van der Waals surface area contributed by atoms with Crippen LogP contribution in [0.15, 0.2) is 24.3 Å². The Labute approximate surface area is 80.2 Å². The summed E-state index contributed by atoms with van der Waals surface area (Å²) in [7, 11) is 0. The van der Waals surface area contributed by atoms with E-state index in [4.69, 9.17) is 11.5 Å². The molecule has 4 N–H and O–H groups in total. The van der Waals surface area contributed by atoms with Crippen molar-refractivity contribution in [2.24, 2.45) is 0 Å². The second-order valence-electron chi connectivity index (χ2n) is 3.06. The highest BCUT2D eigenvalue weighted by atomic mass is 16.1. The number of nitrogen functional groups attached to an aromatic ring is 2. The third-order valence-electron chi connectivity index (χ3n) is 2.15. The van der Waals surface area contributed by atoms with Crippen LogP contribution in [0, 0.1) is 0 Å². The fraction of sp³-hybridized carbons (Fsp3) is 0. The molecule has 0 fully saturated rings. The number of ketones is 2. The quantitative estimate of drug-likeness (QED) is 0.589. The first-order valence-electron chi connectivity index (χ1n) is 4.06. The van der Waals surface area contributed by atoms with Crippen LogP contribution in [0.5, 0.6) is 0 Å². The van der Waals surface area contributed by atoms with Gasteiger partial charge in [0, 0.05) is 11.4 Å². The molecule has 1 aliphatic carbocycles. The third kappa shape index (κ3) is 1.01. The monoisotopic (exact) mass is 188 g/mol. The number of allylic oxidation sites excluding steroid dienone is 2. The van der Waals surface area contributed by atoms with E-state index in [9.17, 15) is 9.59 Å². The maximum atomic E-state index is 11.4. The molecule has 0 unspecified atom stereocenters. The van der Waals surface area contributed by atoms with E-state index in [1.807, 2.05) is 0 Å². The van der Waals surface area contributed by atoms with E-state index in [1.54, 1.807) is 0 Å². The van der Waals surface area contributed by atoms with E-state index < -0.39 is 0 Å². The summed E-state index contributed by atoms with van der Waals surface area (Å²) in [4.78, 5) is 22.9. The predicted molar refractivity (Wildman–Crippen MR) is 53.1 cm³/mol. The van der Waals surface area contributed by atoms with Gasteiger partial charge >= 0.3 is 0 Å². The molecule has 0 spiro atoms. The summed E-state index contributed by atoms with van der Waals surface area (Å²) in [5.41, 5.74) is 12.2. The number of fused-ring (bicyclic) bond motifs is 1. The molecule has 0 bridgehead atoms. The van der Waals surface area contributed by atoms with Gasteiger partial charge in [0.2, 0.25) is 0 Å². The fourth-order valence-corrected chi connectivity index (χ4v) is 1.48. The van der Waals surface area contributed by atoms with Crippen molar-refractivity contribution in [2.45, 2.75) is 0 Å². The highest BCUT2D eigenvalue weighted by Crippen LogP contribution is 2.27. The normalized spacial score (nSPS) is 14.3. The lowest BCUT2D eigenvalue weighted by molar-refractivity contribution is 0.0995. The summed E-state index contributed by atoms with van der Waals surface area (Å²) in [6.07, 6.45) is 2.42. The number of anilines is 2. The lowest BCUT2D eigenvalue weighted by atomic mass is 9.92. The summed E-state index contributed by atoms with van der Waals surface area (Å²) in [6.45, 7) is 0. The summed E-state index contributed by atoms with van der Waals surface area (Å²) in [5.74, 6) is -0.547. The van der Waals surface area contributed by atoms with E-state index in [1.165, 1.54) is 24.3 Å². The van der Waals surface area contributed by atoms with Crippen LogP contribution in [0.1, 0.15) is 20.7 Å². The molecule has 2 rings (SSSR count). The molecule has 0 saturated heterocycles. The molecule has 4 heteroatoms. The van der Waals surface area contributed by atoms with Gasteiger partial charge in [-0.05, 0) is 24.3 Å². The van der Waals surface area contributed by atoms with E-state index >= 15 is 0 Å². The van der Waals surface area contributed by atoms with Crippen molar-refractivity contribution in [3.8, 4) is 0 Å². The third-order valence-corrected chi connectivity index (χ3v) is 2.15. The minimum Gasteiger partial charge on any atom is -0.398 e. The molecule has 0 aliphatic heterocycles. The highest BCUT2D eigenvalue weighted by Gasteiger charge is 2.23. The van der Waals surface area contributed by atoms with Gasteiger partial charge in [0.25, 0.3) is 0 Å². The molecule has 70 valence electrons. The molecule has 0 atom stereocenters. The van der Waals surface area contributed by atoms with Gasteiger partial charge < -0.3 is 11.5 Å². The van der Waals surface area contributed by atoms with Gasteiger partial charge in [-0.2, -0.15) is 0 Å². The Morgan fingerprint density at radius 3 is 1.50 bits per heavy atom. The molecule has 4 nitrogen and oxygen atoms in total. The first kappa shape index (κ1) is 8.50. The second kappa shape index (κ2) is 2.70. The number of hydrogen-bond donors (Lipinski definition) is 2. The summed E-state index contributed by atoms with van der Waals surface area (Å²) in [6, 6.07) is 3.05. The Morgan fingerprint density at radius 2 is 1.14 bits per heavy atom. The van der Waals surface area contributed by atoms with Crippen molar-refractivity contribution in [3.05, 3.63) is 35.4 Å². The van der Waals surface area contributed by atoms with Crippen LogP contribution >= 0.6 is 0 Å². The van der Waals surface area contributed by atoms with E-state index in [0.717, 1.165) is 0 Å². The number of benzene rings is 1. The van der Waals surface area contributed by atoms with E-state index in [2.05, 4.69) is 0 Å². The van der Waals surface area contributed by atoms with Crippen molar-refractivity contribution in [1.82, 2.24) is 0 Å². The second-order valence-corrected chi connectivity index (χ2v) is 3.06. The smallest absolute Gasteiger partial charge is 0.188 e. The summed E-state index contributed by atoms with van der Waals surface area (Å²) in [5, 5.41) is 0. The number of carbonyl (C=O) groups excluding carboxylic acids is 2. The number of nitrogens with two attached hydrogens (primary N) is 2. The Hall–Kier alpha value is -2.10. The van der Waals surface area contributed by atoms with Gasteiger partial charge in [0.1, 0.15) is 0 Å². The summed E-state index contributed by atoms with van der Waals surface area (Å²) >= 11 is 0. The minimum atomic E-state index is -0.274. The van der Waals surface area contributed by atoms with Gasteiger partial charge in [0.05, 0.1) is 11.1 Å². The highest BCUT2D eigenvalue weighted by molar-refractivity contribution is 6.26. The van der Waals surface area contributed by atoms with Crippen LogP contribution in [0.25, 0.3) is 0 Å². The molecule has 1 aliphatic rings. The molecule has 1 aromatic carbocycles. The number of hydrogen-bond acceptors (Lipinski definition) is 4. The zero-order valence-corrected chi connectivity index (χ0v) is 7.28. The van der Waals surface area contributed by atoms with Crippen molar-refractivity contribution < 1.29 is 9.59 Å². The van der Waals surface area contributed by atoms with Crippen LogP contribution in [0.4, 0.5) is 11.4 Å². The average molecular weight is 188 g/mol. The number of rotatable bonds is 0. The molecular formula is C10H8N2O2. The minimum absolute atomic E-state index is 0.220. The zero-order valence-electron chi connectivity index (χ0n) is 7.28. The van der Waals surface area contributed by atoms with Crippen LogP contribution in [0.2, 0.25) is 0 Å². The van der Waals surface area contributed by atoms with Crippen LogP contribution in [-0.2, 0) is 0 Å². The summed E-state index contributed by atoms with van der Waals surface area (Å²) < 4.78 is 0. The van der Waals surface area contributed by atoms with Gasteiger partial charge in [-0.1, -0.05) is 0 Å². The van der Waals surface area contributed by atoms with Gasteiger partial charge in [-0.25, -0.2) is 0 Å². The Morgan fingerprint density at radius 1 is 0.786 bits per heavy atom. The topological polar surface area (TPSA) is 86.2 Å². The van der Waals surface area contributed by atoms with Gasteiger partial charge in [0.15, 0.2) is 11.6 Å². The first-order valence-corrected chi connectivity index (χ1v) is 4.06. The van der Waals surface area contributed by atoms with Gasteiger partial charge in [-0.15, -0.1) is 0 Å². The lowest BCUT2D eigenvalue weighted by Crippen LogP contribution is -2.16. The molecule has 14 heavy (non-hydrogen) atoms. The van der Waals surface area contributed by atoms with Crippen LogP contribution < -0.4 is 11.5 Å². The van der Waals surface area contributed by atoms with Crippen molar-refractivity contribution in [2.75, 3.05) is 11.5 Å². The molecule has 0 amide bonds. The Kier molecular flexibility index (Phi) is 1.64. The van der Waals surface area contributed by atoms with Crippen LogP contribution in [0.3, 0.4) is 0 Å². The van der Waals surface area contributed by atoms with E-state index in [-0.39, 0.29) is 34.1 Å². The molecule has 0 saturated carbocycles. The predicted octanol–water partition coefficient (Wildman–Crippen LogP) is 0.786. The Balaban J connectivity index is 2.83. The van der Waals surface area contributed by atoms with Crippen molar-refractivity contribution in [1.29, 1.82) is 0 Å². The SMILES string of the molecule is Nc1ccc(N)c2c1C(=O)C=CC2=O. The molecule has 0 aromatic heterocycles. The maximum Gasteiger partial charge on any atom is 0.188 e. The molecular weight excluding hydrogens is 180 g/mol. The standard InChI is InChI=1S/C10H8N2O2/c11-5-1-2-6(12)10-8(14)4-3-7(13)9(5)10/h1-4H,11-12H2. The molecule has 0 radical (unpaired) electrons. The van der Waals surface area contributed by atoms with E-state index in [0.29, 0.717) is 0 Å². The fourth-order valence-electron chi connectivity index (χ4n) is 1.48. The zero-order chi connectivity index (χ0) is 10.3. The average Bonchev–Trinajstić information content (AvgIpc) is 2.16. The largest absolute Gasteiger partial charge is 0.398 e. The maximum absolute atomic E-state index is 11.4.